The van der Waals surface area contributed by atoms with Crippen LogP contribution in [0.3, 0.4) is 0 Å². The van der Waals surface area contributed by atoms with Crippen molar-refractivity contribution in [1.82, 2.24) is 4.98 Å². The van der Waals surface area contributed by atoms with E-state index in [1.54, 1.807) is 12.1 Å². The van der Waals surface area contributed by atoms with Gasteiger partial charge >= 0.3 is 0 Å². The number of aromatic hydroxyl groups is 1. The number of aromatic nitrogens is 1. The molecule has 0 saturated heterocycles. The lowest BCUT2D eigenvalue weighted by molar-refractivity contribution is 0.476. The molecule has 3 aromatic rings. The Morgan fingerprint density at radius 3 is 2.85 bits per heavy atom. The first kappa shape index (κ1) is 13.2. The summed E-state index contributed by atoms with van der Waals surface area (Å²) in [6.07, 6.45) is 0. The molecule has 3 rings (SSSR count). The fourth-order valence-corrected chi connectivity index (χ4v) is 3.08. The lowest BCUT2D eigenvalue weighted by atomic mass is 10.2. The van der Waals surface area contributed by atoms with E-state index in [9.17, 15) is 5.11 Å². The summed E-state index contributed by atoms with van der Waals surface area (Å²) in [6.45, 7) is 1.94. The van der Waals surface area contributed by atoms with Crippen molar-refractivity contribution in [2.24, 2.45) is 10.2 Å². The van der Waals surface area contributed by atoms with Gasteiger partial charge < -0.3 is 5.11 Å². The Morgan fingerprint density at radius 2 is 2.00 bits per heavy atom. The zero-order chi connectivity index (χ0) is 14.1. The van der Waals surface area contributed by atoms with Crippen LogP contribution in [0.25, 0.3) is 10.2 Å². The molecule has 0 radical (unpaired) electrons. The number of azo groups is 1. The minimum atomic E-state index is 0.114. The molecule has 0 unspecified atom stereocenters. The molecule has 0 aliphatic heterocycles. The fraction of sp³-hybridized carbons (Fsp3) is 0.0714. The predicted molar refractivity (Wildman–Crippen MR) is 84.3 cm³/mol. The van der Waals surface area contributed by atoms with Gasteiger partial charge in [-0.1, -0.05) is 33.3 Å². The molecule has 0 aliphatic rings. The van der Waals surface area contributed by atoms with Crippen LogP contribution in [0.4, 0.5) is 10.8 Å². The molecular formula is C14H10BrN3OS. The van der Waals surface area contributed by atoms with Gasteiger partial charge in [0.1, 0.15) is 11.4 Å². The van der Waals surface area contributed by atoms with Crippen molar-refractivity contribution in [3.05, 3.63) is 46.4 Å². The minimum Gasteiger partial charge on any atom is -0.506 e. The Bertz CT molecular complexity index is 813. The van der Waals surface area contributed by atoms with E-state index in [0.29, 0.717) is 10.8 Å². The Hall–Kier alpha value is -1.79. The second-order valence-corrected chi connectivity index (χ2v) is 6.23. The van der Waals surface area contributed by atoms with Crippen LogP contribution in [-0.2, 0) is 0 Å². The van der Waals surface area contributed by atoms with E-state index in [-0.39, 0.29) is 5.75 Å². The van der Waals surface area contributed by atoms with Gasteiger partial charge in [-0.2, -0.15) is 0 Å². The molecule has 0 spiro atoms. The topological polar surface area (TPSA) is 57.8 Å². The van der Waals surface area contributed by atoms with Crippen LogP contribution in [0.1, 0.15) is 5.56 Å². The highest BCUT2D eigenvalue weighted by Crippen LogP contribution is 2.33. The summed E-state index contributed by atoms with van der Waals surface area (Å²) in [5.74, 6) is 0.114. The monoisotopic (exact) mass is 347 g/mol. The third-order valence-corrected chi connectivity index (χ3v) is 4.11. The third-order valence-electron chi connectivity index (χ3n) is 2.71. The number of fused-ring (bicyclic) bond motifs is 1. The molecule has 0 amide bonds. The number of hydrogen-bond acceptors (Lipinski definition) is 5. The maximum absolute atomic E-state index is 9.71. The molecule has 0 fully saturated rings. The average molecular weight is 348 g/mol. The van der Waals surface area contributed by atoms with Gasteiger partial charge in [0.25, 0.3) is 0 Å². The number of phenolic OH excluding ortho intramolecular Hbond substituents is 1. The Balaban J connectivity index is 1.96. The SMILES string of the molecule is Cc1ccc(O)c(N=Nc2nc3ccc(Br)cc3s2)c1. The van der Waals surface area contributed by atoms with Crippen LogP contribution in [0, 0.1) is 6.92 Å². The van der Waals surface area contributed by atoms with Crippen LogP contribution in [0.15, 0.2) is 51.1 Å². The number of hydrogen-bond donors (Lipinski definition) is 1. The van der Waals surface area contributed by atoms with Gasteiger partial charge in [0, 0.05) is 4.47 Å². The van der Waals surface area contributed by atoms with Crippen molar-refractivity contribution >= 4 is 48.3 Å². The van der Waals surface area contributed by atoms with E-state index >= 15 is 0 Å². The largest absolute Gasteiger partial charge is 0.506 e. The molecule has 1 aromatic heterocycles. The average Bonchev–Trinajstić information content (AvgIpc) is 2.81. The first-order valence-corrected chi connectivity index (χ1v) is 7.50. The van der Waals surface area contributed by atoms with Gasteiger partial charge in [-0.05, 0) is 42.8 Å². The van der Waals surface area contributed by atoms with Crippen molar-refractivity contribution in [3.8, 4) is 5.75 Å². The summed E-state index contributed by atoms with van der Waals surface area (Å²) in [4.78, 5) is 4.38. The van der Waals surface area contributed by atoms with E-state index in [2.05, 4.69) is 31.1 Å². The van der Waals surface area contributed by atoms with Gasteiger partial charge in [0.15, 0.2) is 0 Å². The number of rotatable bonds is 2. The number of halogens is 1. The van der Waals surface area contributed by atoms with Crippen molar-refractivity contribution < 1.29 is 5.11 Å². The van der Waals surface area contributed by atoms with Gasteiger partial charge in [0.05, 0.1) is 10.2 Å². The molecular weight excluding hydrogens is 338 g/mol. The zero-order valence-electron chi connectivity index (χ0n) is 10.5. The highest BCUT2D eigenvalue weighted by atomic mass is 79.9. The normalized spacial score (nSPS) is 11.5. The molecule has 100 valence electrons. The molecule has 6 heteroatoms. The third kappa shape index (κ3) is 2.71. The molecule has 20 heavy (non-hydrogen) atoms. The Kier molecular flexibility index (Phi) is 3.50. The van der Waals surface area contributed by atoms with Crippen LogP contribution >= 0.6 is 27.3 Å². The molecule has 0 bridgehead atoms. The second kappa shape index (κ2) is 5.30. The van der Waals surface area contributed by atoms with Crippen molar-refractivity contribution in [1.29, 1.82) is 0 Å². The zero-order valence-corrected chi connectivity index (χ0v) is 12.9. The molecule has 1 N–H and O–H groups in total. The van der Waals surface area contributed by atoms with E-state index in [4.69, 9.17) is 0 Å². The van der Waals surface area contributed by atoms with E-state index in [0.717, 1.165) is 20.3 Å². The highest BCUT2D eigenvalue weighted by Gasteiger charge is 2.04. The van der Waals surface area contributed by atoms with Crippen molar-refractivity contribution in [3.63, 3.8) is 0 Å². The summed E-state index contributed by atoms with van der Waals surface area (Å²) >= 11 is 4.88. The predicted octanol–water partition coefficient (Wildman–Crippen LogP) is 5.49. The Labute approximate surface area is 128 Å². The van der Waals surface area contributed by atoms with E-state index in [1.807, 2.05) is 31.2 Å². The lowest BCUT2D eigenvalue weighted by Crippen LogP contribution is -1.72. The number of benzene rings is 2. The number of aryl methyl sites for hydroxylation is 1. The maximum atomic E-state index is 9.71. The number of phenols is 1. The quantitative estimate of drug-likeness (QED) is 0.623. The van der Waals surface area contributed by atoms with E-state index in [1.165, 1.54) is 11.3 Å². The van der Waals surface area contributed by atoms with Gasteiger partial charge in [-0.15, -0.1) is 10.2 Å². The van der Waals surface area contributed by atoms with Gasteiger partial charge in [0.2, 0.25) is 5.13 Å². The number of thiazole rings is 1. The Morgan fingerprint density at radius 1 is 1.15 bits per heavy atom. The van der Waals surface area contributed by atoms with Crippen LogP contribution in [0.5, 0.6) is 5.75 Å². The summed E-state index contributed by atoms with van der Waals surface area (Å²) in [5, 5.41) is 18.4. The minimum absolute atomic E-state index is 0.114. The fourth-order valence-electron chi connectivity index (χ4n) is 1.74. The molecule has 4 nitrogen and oxygen atoms in total. The highest BCUT2D eigenvalue weighted by molar-refractivity contribution is 9.10. The first-order valence-electron chi connectivity index (χ1n) is 5.89. The second-order valence-electron chi connectivity index (χ2n) is 4.30. The lowest BCUT2D eigenvalue weighted by Gasteiger charge is -1.97. The molecule has 0 aliphatic carbocycles. The summed E-state index contributed by atoms with van der Waals surface area (Å²) in [5.41, 5.74) is 2.36. The van der Waals surface area contributed by atoms with E-state index < -0.39 is 0 Å². The molecule has 0 atom stereocenters. The van der Waals surface area contributed by atoms with Crippen LogP contribution < -0.4 is 0 Å². The molecule has 2 aromatic carbocycles. The summed E-state index contributed by atoms with van der Waals surface area (Å²) < 4.78 is 2.05. The van der Waals surface area contributed by atoms with Gasteiger partial charge in [-0.3, -0.25) is 0 Å². The maximum Gasteiger partial charge on any atom is 0.231 e. The van der Waals surface area contributed by atoms with Gasteiger partial charge in [-0.25, -0.2) is 4.98 Å². The van der Waals surface area contributed by atoms with Crippen molar-refractivity contribution in [2.45, 2.75) is 6.92 Å². The number of nitrogens with zero attached hydrogens (tertiary/aromatic N) is 3. The summed E-state index contributed by atoms with van der Waals surface area (Å²) in [7, 11) is 0. The molecule has 0 saturated carbocycles. The van der Waals surface area contributed by atoms with Crippen LogP contribution in [0.2, 0.25) is 0 Å². The smallest absolute Gasteiger partial charge is 0.231 e. The van der Waals surface area contributed by atoms with Crippen molar-refractivity contribution in [2.75, 3.05) is 0 Å². The molecule has 1 heterocycles. The summed E-state index contributed by atoms with van der Waals surface area (Å²) in [6, 6.07) is 11.1. The first-order chi connectivity index (χ1) is 9.61. The van der Waals surface area contributed by atoms with Crippen LogP contribution in [-0.4, -0.2) is 10.1 Å². The standard InChI is InChI=1S/C14H10BrN3OS/c1-8-2-5-12(19)11(6-8)17-18-14-16-10-4-3-9(15)7-13(10)20-14/h2-7,19H,1H3.